The minimum absolute atomic E-state index is 0.182. The molecule has 5 nitrogen and oxygen atoms in total. The number of H-pyrrole nitrogens is 1. The maximum atomic E-state index is 11.7. The quantitative estimate of drug-likeness (QED) is 0.695. The molecule has 1 aromatic heterocycles. The molecule has 0 unspecified atom stereocenters. The lowest BCUT2D eigenvalue weighted by molar-refractivity contribution is 0.0785. The molecule has 0 radical (unpaired) electrons. The molecule has 1 rings (SSSR count). The van der Waals surface area contributed by atoms with Gasteiger partial charge in [-0.2, -0.15) is 15.4 Å². The zero-order chi connectivity index (χ0) is 10.4. The first-order valence-corrected chi connectivity index (χ1v) is 4.16. The van der Waals surface area contributed by atoms with Gasteiger partial charge in [-0.3, -0.25) is 4.79 Å². The lowest BCUT2D eigenvalue weighted by atomic mass is 10.3. The summed E-state index contributed by atoms with van der Waals surface area (Å²) in [7, 11) is 0. The van der Waals surface area contributed by atoms with Crippen molar-refractivity contribution < 1.29 is 4.79 Å². The summed E-state index contributed by atoms with van der Waals surface area (Å²) in [6.07, 6.45) is 4.70. The maximum Gasteiger partial charge on any atom is 0.276 e. The highest BCUT2D eigenvalue weighted by atomic mass is 16.2. The summed E-state index contributed by atoms with van der Waals surface area (Å²) in [5, 5.41) is 9.67. The van der Waals surface area contributed by atoms with Crippen LogP contribution in [-0.2, 0) is 0 Å². The van der Waals surface area contributed by atoms with E-state index in [1.807, 2.05) is 0 Å². The molecule has 5 heteroatoms. The Balaban J connectivity index is 2.72. The van der Waals surface area contributed by atoms with E-state index in [0.717, 1.165) is 0 Å². The van der Waals surface area contributed by atoms with E-state index in [9.17, 15) is 4.79 Å². The van der Waals surface area contributed by atoms with Gasteiger partial charge in [0.2, 0.25) is 0 Å². The molecule has 0 bridgehead atoms. The number of hydrogen-bond acceptors (Lipinski definition) is 3. The van der Waals surface area contributed by atoms with E-state index in [0.29, 0.717) is 18.8 Å². The third-order valence-corrected chi connectivity index (χ3v) is 1.62. The van der Waals surface area contributed by atoms with Crippen molar-refractivity contribution in [3.05, 3.63) is 37.2 Å². The van der Waals surface area contributed by atoms with Crippen molar-refractivity contribution in [1.82, 2.24) is 20.3 Å². The number of aromatic nitrogens is 3. The van der Waals surface area contributed by atoms with Gasteiger partial charge in [-0.1, -0.05) is 12.2 Å². The lowest BCUT2D eigenvalue weighted by Crippen LogP contribution is -2.31. The van der Waals surface area contributed by atoms with Gasteiger partial charge in [0.15, 0.2) is 5.69 Å². The second-order valence-corrected chi connectivity index (χ2v) is 2.64. The van der Waals surface area contributed by atoms with Crippen LogP contribution in [0.1, 0.15) is 10.5 Å². The fourth-order valence-corrected chi connectivity index (χ4v) is 1.02. The van der Waals surface area contributed by atoms with Crippen molar-refractivity contribution in [2.24, 2.45) is 0 Å². The third kappa shape index (κ3) is 2.29. The number of carbonyl (C=O) groups is 1. The van der Waals surface area contributed by atoms with Crippen molar-refractivity contribution >= 4 is 5.91 Å². The van der Waals surface area contributed by atoms with Crippen molar-refractivity contribution in [2.45, 2.75) is 0 Å². The Hall–Kier alpha value is -1.91. The molecule has 0 aliphatic rings. The van der Waals surface area contributed by atoms with Gasteiger partial charge in [0.25, 0.3) is 5.91 Å². The van der Waals surface area contributed by atoms with Crippen LogP contribution in [0.4, 0.5) is 0 Å². The van der Waals surface area contributed by atoms with Gasteiger partial charge >= 0.3 is 0 Å². The molecular formula is C9H12N4O. The summed E-state index contributed by atoms with van der Waals surface area (Å²) in [6.45, 7) is 8.09. The number of carbonyl (C=O) groups excluding carboxylic acids is 1. The summed E-state index contributed by atoms with van der Waals surface area (Å²) in [5.74, 6) is -0.182. The second kappa shape index (κ2) is 4.96. The van der Waals surface area contributed by atoms with E-state index in [2.05, 4.69) is 28.6 Å². The molecule has 14 heavy (non-hydrogen) atoms. The van der Waals surface area contributed by atoms with Crippen LogP contribution in [0.3, 0.4) is 0 Å². The average molecular weight is 192 g/mol. The monoisotopic (exact) mass is 192 g/mol. The molecule has 1 N–H and O–H groups in total. The summed E-state index contributed by atoms with van der Waals surface area (Å²) in [5.41, 5.74) is 0.300. The molecule has 1 aromatic rings. The Kier molecular flexibility index (Phi) is 3.60. The number of nitrogens with one attached hydrogen (secondary N) is 1. The van der Waals surface area contributed by atoms with Gasteiger partial charge in [-0.05, 0) is 0 Å². The maximum absolute atomic E-state index is 11.7. The Morgan fingerprint density at radius 2 is 2.14 bits per heavy atom. The predicted octanol–water partition coefficient (Wildman–Crippen LogP) is 0.619. The van der Waals surface area contributed by atoms with Crippen molar-refractivity contribution in [2.75, 3.05) is 13.1 Å². The smallest absolute Gasteiger partial charge is 0.276 e. The molecule has 1 heterocycles. The summed E-state index contributed by atoms with van der Waals surface area (Å²) in [6, 6.07) is 0. The highest BCUT2D eigenvalue weighted by Gasteiger charge is 2.15. The largest absolute Gasteiger partial charge is 0.330 e. The van der Waals surface area contributed by atoms with Crippen LogP contribution in [0.5, 0.6) is 0 Å². The number of nitrogens with zero attached hydrogens (tertiary/aromatic N) is 3. The minimum Gasteiger partial charge on any atom is -0.330 e. The number of rotatable bonds is 5. The van der Waals surface area contributed by atoms with Gasteiger partial charge < -0.3 is 4.90 Å². The normalized spacial score (nSPS) is 9.43. The Labute approximate surface area is 82.1 Å². The first kappa shape index (κ1) is 10.2. The molecule has 1 amide bonds. The zero-order valence-corrected chi connectivity index (χ0v) is 7.81. The van der Waals surface area contributed by atoms with E-state index in [-0.39, 0.29) is 5.91 Å². The summed E-state index contributed by atoms with van der Waals surface area (Å²) in [4.78, 5) is 13.3. The van der Waals surface area contributed by atoms with E-state index in [1.165, 1.54) is 6.20 Å². The van der Waals surface area contributed by atoms with Crippen LogP contribution >= 0.6 is 0 Å². The second-order valence-electron chi connectivity index (χ2n) is 2.64. The molecule has 0 fully saturated rings. The standard InChI is InChI=1S/C9H12N4O/c1-3-5-13(6-4-2)9(14)8-7-10-12-11-8/h3-4,7H,1-2,5-6H2,(H,10,11,12). The first-order chi connectivity index (χ1) is 6.79. The topological polar surface area (TPSA) is 61.9 Å². The molecule has 0 saturated carbocycles. The molecule has 74 valence electrons. The summed E-state index contributed by atoms with van der Waals surface area (Å²) < 4.78 is 0. The SMILES string of the molecule is C=CCN(CC=C)C(=O)c1cn[nH]n1. The van der Waals surface area contributed by atoms with E-state index in [4.69, 9.17) is 0 Å². The van der Waals surface area contributed by atoms with Gasteiger partial charge in [-0.25, -0.2) is 0 Å². The van der Waals surface area contributed by atoms with Gasteiger partial charge in [-0.15, -0.1) is 13.2 Å². The molecule has 0 aliphatic carbocycles. The van der Waals surface area contributed by atoms with Crippen LogP contribution in [-0.4, -0.2) is 39.3 Å². The molecule has 0 saturated heterocycles. The number of hydrogen-bond donors (Lipinski definition) is 1. The molecule has 0 atom stereocenters. The van der Waals surface area contributed by atoms with Crippen molar-refractivity contribution in [3.8, 4) is 0 Å². The Morgan fingerprint density at radius 3 is 2.57 bits per heavy atom. The highest BCUT2D eigenvalue weighted by Crippen LogP contribution is 1.99. The number of amides is 1. The van der Waals surface area contributed by atoms with Crippen LogP contribution in [0.2, 0.25) is 0 Å². The highest BCUT2D eigenvalue weighted by molar-refractivity contribution is 5.92. The third-order valence-electron chi connectivity index (χ3n) is 1.62. The molecule has 0 aromatic carbocycles. The minimum atomic E-state index is -0.182. The van der Waals surface area contributed by atoms with Crippen LogP contribution in [0.15, 0.2) is 31.5 Å². The van der Waals surface area contributed by atoms with Gasteiger partial charge in [0.05, 0.1) is 6.20 Å². The van der Waals surface area contributed by atoms with Crippen molar-refractivity contribution in [1.29, 1.82) is 0 Å². The van der Waals surface area contributed by atoms with Gasteiger partial charge in [0, 0.05) is 13.1 Å². The van der Waals surface area contributed by atoms with E-state index >= 15 is 0 Å². The fourth-order valence-electron chi connectivity index (χ4n) is 1.02. The lowest BCUT2D eigenvalue weighted by Gasteiger charge is -2.17. The van der Waals surface area contributed by atoms with E-state index in [1.54, 1.807) is 17.1 Å². The van der Waals surface area contributed by atoms with Gasteiger partial charge in [0.1, 0.15) is 0 Å². The predicted molar refractivity (Wildman–Crippen MR) is 52.7 cm³/mol. The Bertz CT molecular complexity index is 308. The van der Waals surface area contributed by atoms with Crippen molar-refractivity contribution in [3.63, 3.8) is 0 Å². The fraction of sp³-hybridized carbons (Fsp3) is 0.222. The zero-order valence-electron chi connectivity index (χ0n) is 7.81. The molecular weight excluding hydrogens is 180 g/mol. The van der Waals surface area contributed by atoms with Crippen LogP contribution in [0, 0.1) is 0 Å². The van der Waals surface area contributed by atoms with Crippen LogP contribution in [0.25, 0.3) is 0 Å². The Morgan fingerprint density at radius 1 is 1.50 bits per heavy atom. The van der Waals surface area contributed by atoms with Crippen LogP contribution < -0.4 is 0 Å². The molecule has 0 aliphatic heterocycles. The number of aromatic amines is 1. The molecule has 0 spiro atoms. The summed E-state index contributed by atoms with van der Waals surface area (Å²) >= 11 is 0. The van der Waals surface area contributed by atoms with E-state index < -0.39 is 0 Å². The first-order valence-electron chi connectivity index (χ1n) is 4.16. The average Bonchev–Trinajstić information content (AvgIpc) is 2.69.